The van der Waals surface area contributed by atoms with Crippen molar-refractivity contribution in [3.63, 3.8) is 0 Å². The van der Waals surface area contributed by atoms with E-state index in [1.54, 1.807) is 18.2 Å². The minimum Gasteiger partial charge on any atom is -0.469 e. The van der Waals surface area contributed by atoms with Crippen LogP contribution in [0.15, 0.2) is 28.7 Å². The maximum Gasteiger partial charge on any atom is 0.307 e. The van der Waals surface area contributed by atoms with Gasteiger partial charge in [-0.1, -0.05) is 22.0 Å². The molecule has 1 aromatic rings. The van der Waals surface area contributed by atoms with E-state index in [1.165, 1.54) is 12.0 Å². The summed E-state index contributed by atoms with van der Waals surface area (Å²) in [5, 5.41) is 8.69. The van der Waals surface area contributed by atoms with E-state index in [1.807, 2.05) is 6.07 Å². The van der Waals surface area contributed by atoms with Gasteiger partial charge in [-0.05, 0) is 18.2 Å². The van der Waals surface area contributed by atoms with Gasteiger partial charge in [-0.15, -0.1) is 0 Å². The van der Waals surface area contributed by atoms with Crippen LogP contribution in [-0.4, -0.2) is 61.9 Å². The number of hydrogen-bond donors (Lipinski definition) is 1. The molecule has 0 atom stereocenters. The average molecular weight is 374 g/mol. The van der Waals surface area contributed by atoms with E-state index in [0.29, 0.717) is 18.7 Å². The number of rotatable bonds is 9. The Hall–Kier alpha value is -1.44. The summed E-state index contributed by atoms with van der Waals surface area (Å²) in [6.45, 7) is 1.03. The molecule has 0 saturated carbocycles. The number of methoxy groups -OCH3 is 1. The molecule has 0 aliphatic heterocycles. The molecule has 6 nitrogen and oxygen atoms in total. The fraction of sp³-hybridized carbons (Fsp3) is 0.467. The summed E-state index contributed by atoms with van der Waals surface area (Å²) < 4.78 is 10.6. The van der Waals surface area contributed by atoms with E-state index in [2.05, 4.69) is 20.7 Å². The van der Waals surface area contributed by atoms with Crippen LogP contribution in [0.2, 0.25) is 0 Å². The number of hydrogen-bond acceptors (Lipinski definition) is 5. The van der Waals surface area contributed by atoms with Crippen molar-refractivity contribution in [3.05, 3.63) is 34.3 Å². The van der Waals surface area contributed by atoms with Gasteiger partial charge in [-0.3, -0.25) is 9.59 Å². The Labute approximate surface area is 138 Å². The number of esters is 1. The van der Waals surface area contributed by atoms with Gasteiger partial charge in [0.2, 0.25) is 0 Å². The number of halogens is 1. The number of aliphatic hydroxyl groups is 1. The van der Waals surface area contributed by atoms with Crippen molar-refractivity contribution in [2.45, 2.75) is 6.42 Å². The number of carbonyl (C=O) groups excluding carboxylic acids is 2. The van der Waals surface area contributed by atoms with Gasteiger partial charge in [0, 0.05) is 23.1 Å². The maximum atomic E-state index is 12.5. The Morgan fingerprint density at radius 3 is 2.68 bits per heavy atom. The fourth-order valence-electron chi connectivity index (χ4n) is 1.79. The molecular weight excluding hydrogens is 354 g/mol. The number of nitrogens with zero attached hydrogens (tertiary/aromatic N) is 1. The molecule has 1 amide bonds. The van der Waals surface area contributed by atoms with E-state index in [4.69, 9.17) is 9.84 Å². The second-order valence-corrected chi connectivity index (χ2v) is 5.38. The molecule has 0 heterocycles. The van der Waals surface area contributed by atoms with E-state index >= 15 is 0 Å². The van der Waals surface area contributed by atoms with Gasteiger partial charge in [0.15, 0.2) is 0 Å². The molecule has 0 fully saturated rings. The minimum atomic E-state index is -0.372. The molecule has 0 bridgehead atoms. The first-order valence-electron chi connectivity index (χ1n) is 6.88. The number of amides is 1. The third-order valence-electron chi connectivity index (χ3n) is 2.91. The lowest BCUT2D eigenvalue weighted by atomic mass is 10.2. The standard InChI is InChI=1S/C15H20BrNO5/c1-21-14(19)5-6-17(7-9-22-10-8-18)15(20)12-3-2-4-13(16)11-12/h2-4,11,18H,5-10H2,1H3. The molecule has 0 aromatic heterocycles. The van der Waals surface area contributed by atoms with Gasteiger partial charge in [-0.25, -0.2) is 0 Å². The molecule has 1 N–H and O–H groups in total. The van der Waals surface area contributed by atoms with Crippen molar-refractivity contribution in [3.8, 4) is 0 Å². The Balaban J connectivity index is 2.69. The molecule has 0 aliphatic rings. The van der Waals surface area contributed by atoms with Crippen LogP contribution < -0.4 is 0 Å². The summed E-state index contributed by atoms with van der Waals surface area (Å²) in [5.74, 6) is -0.555. The lowest BCUT2D eigenvalue weighted by Gasteiger charge is -2.22. The van der Waals surface area contributed by atoms with Crippen LogP contribution in [0.1, 0.15) is 16.8 Å². The third kappa shape index (κ3) is 6.55. The van der Waals surface area contributed by atoms with Gasteiger partial charge in [0.1, 0.15) is 0 Å². The lowest BCUT2D eigenvalue weighted by Crippen LogP contribution is -2.36. The molecular formula is C15H20BrNO5. The Bertz CT molecular complexity index is 495. The van der Waals surface area contributed by atoms with Gasteiger partial charge >= 0.3 is 5.97 Å². The molecule has 0 saturated heterocycles. The van der Waals surface area contributed by atoms with Gasteiger partial charge in [0.05, 0.1) is 33.4 Å². The zero-order valence-corrected chi connectivity index (χ0v) is 14.0. The van der Waals surface area contributed by atoms with Gasteiger partial charge < -0.3 is 19.5 Å². The van der Waals surface area contributed by atoms with Crippen LogP contribution in [-0.2, 0) is 14.3 Å². The van der Waals surface area contributed by atoms with Crippen molar-refractivity contribution in [2.75, 3.05) is 40.0 Å². The quantitative estimate of drug-likeness (QED) is 0.523. The average Bonchev–Trinajstić information content (AvgIpc) is 2.53. The molecule has 122 valence electrons. The molecule has 0 unspecified atom stereocenters. The van der Waals surface area contributed by atoms with E-state index in [0.717, 1.165) is 4.47 Å². The summed E-state index contributed by atoms with van der Waals surface area (Å²) >= 11 is 3.33. The Morgan fingerprint density at radius 2 is 2.05 bits per heavy atom. The van der Waals surface area contributed by atoms with Crippen molar-refractivity contribution < 1.29 is 24.2 Å². The first kappa shape index (κ1) is 18.6. The van der Waals surface area contributed by atoms with Gasteiger partial charge in [0.25, 0.3) is 5.91 Å². The van der Waals surface area contributed by atoms with Crippen LogP contribution >= 0.6 is 15.9 Å². The normalized spacial score (nSPS) is 10.3. The first-order valence-corrected chi connectivity index (χ1v) is 7.68. The second kappa shape index (κ2) is 10.3. The van der Waals surface area contributed by atoms with Crippen molar-refractivity contribution >= 4 is 27.8 Å². The summed E-state index contributed by atoms with van der Waals surface area (Å²) in [6, 6.07) is 7.05. The molecule has 1 aromatic carbocycles. The molecule has 7 heteroatoms. The van der Waals surface area contributed by atoms with Crippen LogP contribution in [0.25, 0.3) is 0 Å². The predicted octanol–water partition coefficient (Wildman–Crippen LogP) is 1.46. The molecule has 0 radical (unpaired) electrons. The second-order valence-electron chi connectivity index (χ2n) is 4.46. The Kier molecular flexibility index (Phi) is 8.72. The number of ether oxygens (including phenoxy) is 2. The fourth-order valence-corrected chi connectivity index (χ4v) is 2.19. The predicted molar refractivity (Wildman–Crippen MR) is 84.6 cm³/mol. The minimum absolute atomic E-state index is 0.0677. The maximum absolute atomic E-state index is 12.5. The highest BCUT2D eigenvalue weighted by atomic mass is 79.9. The summed E-state index contributed by atoms with van der Waals surface area (Å²) in [5.41, 5.74) is 0.529. The third-order valence-corrected chi connectivity index (χ3v) is 3.41. The van der Waals surface area contributed by atoms with Crippen molar-refractivity contribution in [1.82, 2.24) is 4.90 Å². The number of carbonyl (C=O) groups is 2. The van der Waals surface area contributed by atoms with E-state index in [9.17, 15) is 9.59 Å². The summed E-state index contributed by atoms with van der Waals surface area (Å²) in [4.78, 5) is 25.3. The van der Waals surface area contributed by atoms with E-state index < -0.39 is 0 Å². The highest BCUT2D eigenvalue weighted by Crippen LogP contribution is 2.14. The first-order chi connectivity index (χ1) is 10.6. The van der Waals surface area contributed by atoms with Crippen molar-refractivity contribution in [1.29, 1.82) is 0 Å². The zero-order chi connectivity index (χ0) is 16.4. The summed E-state index contributed by atoms with van der Waals surface area (Å²) in [7, 11) is 1.31. The van der Waals surface area contributed by atoms with Gasteiger partial charge in [-0.2, -0.15) is 0 Å². The van der Waals surface area contributed by atoms with Crippen LogP contribution in [0, 0.1) is 0 Å². The van der Waals surface area contributed by atoms with Crippen LogP contribution in [0.5, 0.6) is 0 Å². The van der Waals surface area contributed by atoms with E-state index in [-0.39, 0.29) is 38.1 Å². The smallest absolute Gasteiger partial charge is 0.307 e. The largest absolute Gasteiger partial charge is 0.469 e. The Morgan fingerprint density at radius 1 is 1.27 bits per heavy atom. The molecule has 0 spiro atoms. The van der Waals surface area contributed by atoms with Crippen LogP contribution in [0.4, 0.5) is 0 Å². The number of aliphatic hydroxyl groups excluding tert-OH is 1. The van der Waals surface area contributed by atoms with Crippen LogP contribution in [0.3, 0.4) is 0 Å². The highest BCUT2D eigenvalue weighted by Gasteiger charge is 2.17. The molecule has 1 rings (SSSR count). The molecule has 22 heavy (non-hydrogen) atoms. The SMILES string of the molecule is COC(=O)CCN(CCOCCO)C(=O)c1cccc(Br)c1. The lowest BCUT2D eigenvalue weighted by molar-refractivity contribution is -0.140. The monoisotopic (exact) mass is 373 g/mol. The zero-order valence-electron chi connectivity index (χ0n) is 12.5. The number of benzene rings is 1. The molecule has 0 aliphatic carbocycles. The topological polar surface area (TPSA) is 76.1 Å². The van der Waals surface area contributed by atoms with Crippen molar-refractivity contribution in [2.24, 2.45) is 0 Å². The summed E-state index contributed by atoms with van der Waals surface area (Å²) in [6.07, 6.45) is 0.121. The highest BCUT2D eigenvalue weighted by molar-refractivity contribution is 9.10.